The summed E-state index contributed by atoms with van der Waals surface area (Å²) in [6.07, 6.45) is 1.50. The quantitative estimate of drug-likeness (QED) is 0.779. The minimum atomic E-state index is 0.745. The second kappa shape index (κ2) is 4.76. The van der Waals surface area contributed by atoms with E-state index in [0.717, 1.165) is 11.4 Å². The van der Waals surface area contributed by atoms with Crippen LogP contribution in [0, 0.1) is 23.3 Å². The molecule has 1 aliphatic heterocycles. The molecule has 0 aliphatic carbocycles. The van der Waals surface area contributed by atoms with Crippen molar-refractivity contribution in [3.8, 4) is 0 Å². The van der Waals surface area contributed by atoms with Gasteiger partial charge in [-0.05, 0) is 0 Å². The molecule has 0 saturated heterocycles. The van der Waals surface area contributed by atoms with Crippen molar-refractivity contribution < 1.29 is 23.3 Å². The monoisotopic (exact) mass is 401 g/mol. The van der Waals surface area contributed by atoms with Crippen LogP contribution in [0.2, 0.25) is 0 Å². The van der Waals surface area contributed by atoms with Gasteiger partial charge in [-0.2, -0.15) is 0 Å². The summed E-state index contributed by atoms with van der Waals surface area (Å²) in [5.74, 6) is 0.745. The summed E-state index contributed by atoms with van der Waals surface area (Å²) in [4.78, 5) is 1.23. The predicted octanol–water partition coefficient (Wildman–Crippen LogP) is 1.04. The Balaban J connectivity index is 2.27. The van der Waals surface area contributed by atoms with Crippen molar-refractivity contribution in [2.24, 2.45) is 10.2 Å². The third-order valence-electron chi connectivity index (χ3n) is 1.67. The molecule has 2 N–H and O–H groups in total. The molecule has 0 amide bonds. The Kier molecular flexibility index (Phi) is 3.37. The van der Waals surface area contributed by atoms with Gasteiger partial charge in [-0.15, -0.1) is 0 Å². The third-order valence-corrected chi connectivity index (χ3v) is 4.18. The van der Waals surface area contributed by atoms with Crippen LogP contribution in [-0.2, 0) is 0 Å². The molecule has 0 unspecified atom stereocenters. The van der Waals surface area contributed by atoms with E-state index in [1.54, 1.807) is 31.8 Å². The Morgan fingerprint density at radius 3 is 3.00 bits per heavy atom. The van der Waals surface area contributed by atoms with Crippen LogP contribution in [0.15, 0.2) is 39.4 Å². The van der Waals surface area contributed by atoms with Crippen LogP contribution in [0.4, 0.5) is 0 Å². The van der Waals surface area contributed by atoms with E-state index in [1.807, 2.05) is 12.1 Å². The van der Waals surface area contributed by atoms with Crippen LogP contribution in [0.25, 0.3) is 0 Å². The molecular formula is C8H7AtN4S. The van der Waals surface area contributed by atoms with E-state index in [9.17, 15) is 0 Å². The average Bonchev–Trinajstić information content (AvgIpc) is 2.30. The fourth-order valence-electron chi connectivity index (χ4n) is 1.06. The summed E-state index contributed by atoms with van der Waals surface area (Å²) >= 11 is 1.67. The van der Waals surface area contributed by atoms with E-state index in [2.05, 4.69) is 33.2 Å². The number of nitrogens with zero attached hydrogens (tertiary/aromatic N) is 2. The maximum absolute atomic E-state index is 4.08. The summed E-state index contributed by atoms with van der Waals surface area (Å²) < 4.78 is 0. The molecule has 2 rings (SSSR count). The van der Waals surface area contributed by atoms with E-state index < -0.39 is 0 Å². The van der Waals surface area contributed by atoms with Gasteiger partial charge in [-0.3, -0.25) is 0 Å². The Morgan fingerprint density at radius 1 is 1.36 bits per heavy atom. The van der Waals surface area contributed by atoms with Gasteiger partial charge in [0.25, 0.3) is 0 Å². The van der Waals surface area contributed by atoms with Crippen LogP contribution >= 0.6 is 8.52 Å². The van der Waals surface area contributed by atoms with Crippen LogP contribution < -0.4 is 10.9 Å². The Morgan fingerprint density at radius 2 is 2.29 bits per heavy atom. The molecule has 0 radical (unpaired) electrons. The summed E-state index contributed by atoms with van der Waals surface area (Å²) in [7, 11) is 1.76. The topological polar surface area (TPSA) is 48.8 Å². The Hall–Kier alpha value is -0.607. The summed E-state index contributed by atoms with van der Waals surface area (Å²) in [6, 6.07) is 8.17. The second-order valence-electron chi connectivity index (χ2n) is 2.56. The van der Waals surface area contributed by atoms with Gasteiger partial charge < -0.3 is 0 Å². The molecule has 1 aromatic rings. The molecule has 4 nitrogen and oxygen atoms in total. The molecule has 0 aromatic heterocycles. The van der Waals surface area contributed by atoms with E-state index in [0.29, 0.717) is 0 Å². The first-order chi connectivity index (χ1) is 6.90. The first kappa shape index (κ1) is 9.93. The van der Waals surface area contributed by atoms with Crippen molar-refractivity contribution in [2.45, 2.75) is 4.90 Å². The van der Waals surface area contributed by atoms with Crippen molar-refractivity contribution in [1.29, 1.82) is 0 Å². The molecule has 0 atom stereocenters. The molecule has 1 aliphatic rings. The zero-order chi connectivity index (χ0) is 9.80. The van der Waals surface area contributed by atoms with E-state index in [-0.39, 0.29) is 0 Å². The van der Waals surface area contributed by atoms with Crippen molar-refractivity contribution in [2.75, 3.05) is 0 Å². The summed E-state index contributed by atoms with van der Waals surface area (Å²) in [5.41, 5.74) is 6.58. The molecule has 1 heterocycles. The summed E-state index contributed by atoms with van der Waals surface area (Å²) in [6.45, 7) is 0. The molecule has 0 fully saturated rings. The van der Waals surface area contributed by atoms with Crippen LogP contribution in [0.5, 0.6) is 0 Å². The summed E-state index contributed by atoms with van der Waals surface area (Å²) in [5, 5.41) is 7.95. The van der Waals surface area contributed by atoms with Crippen molar-refractivity contribution in [3.05, 3.63) is 29.8 Å². The van der Waals surface area contributed by atoms with Gasteiger partial charge >= 0.3 is 99.7 Å². The molecule has 14 heavy (non-hydrogen) atoms. The molecular weight excluding hydrogens is 394 g/mol. The predicted molar refractivity (Wildman–Crippen MR) is 53.6 cm³/mol. The normalized spacial score (nSPS) is 14.2. The first-order valence-corrected chi connectivity index (χ1v) is 8.21. The van der Waals surface area contributed by atoms with Gasteiger partial charge in [0.1, 0.15) is 0 Å². The van der Waals surface area contributed by atoms with Crippen molar-refractivity contribution in [1.82, 2.24) is 10.9 Å². The molecule has 0 spiro atoms. The second-order valence-corrected chi connectivity index (χ2v) is 4.99. The Bertz CT molecular complexity index is 391. The van der Waals surface area contributed by atoms with E-state index >= 15 is 0 Å². The van der Waals surface area contributed by atoms with Crippen molar-refractivity contribution in [3.63, 3.8) is 0 Å². The fourth-order valence-corrected chi connectivity index (χ4v) is 2.48. The Labute approximate surface area is 99.3 Å². The van der Waals surface area contributed by atoms with E-state index in [4.69, 9.17) is 0 Å². The van der Waals surface area contributed by atoms with Crippen LogP contribution in [0.1, 0.15) is 5.56 Å². The van der Waals surface area contributed by atoms with Gasteiger partial charge in [-0.1, -0.05) is 0 Å². The first-order valence-electron chi connectivity index (χ1n) is 3.90. The molecule has 1 aromatic carbocycles. The number of amidine groups is 1. The standard InChI is InChI=1S/C8H7AtN4S/c9-14-7-3-1-2-6(4-7)8-12-10-5-11-13-8/h1-5H,(H,10,11)(H,12,13). The maximum atomic E-state index is 4.08. The SMILES string of the molecule is [At]Sc1cccc(C2=NNC=NN2)c1. The molecule has 0 bridgehead atoms. The minimum absolute atomic E-state index is 0.745. The number of benzene rings is 1. The van der Waals surface area contributed by atoms with Crippen LogP contribution in [0.3, 0.4) is 0 Å². The van der Waals surface area contributed by atoms with Gasteiger partial charge in [0.15, 0.2) is 0 Å². The average molecular weight is 401 g/mol. The number of hydrazone groups is 2. The van der Waals surface area contributed by atoms with E-state index in [1.165, 1.54) is 11.2 Å². The van der Waals surface area contributed by atoms with Gasteiger partial charge in [-0.25, -0.2) is 0 Å². The fraction of sp³-hybridized carbons (Fsp3) is 0. The van der Waals surface area contributed by atoms with Gasteiger partial charge in [0, 0.05) is 0 Å². The molecule has 0 saturated carbocycles. The number of hydrogen-bond acceptors (Lipinski definition) is 5. The molecule has 6 heteroatoms. The van der Waals surface area contributed by atoms with Crippen LogP contribution in [-0.4, -0.2) is 12.2 Å². The number of hydrogen-bond donors (Lipinski definition) is 2. The zero-order valence-corrected chi connectivity index (χ0v) is 10.8. The zero-order valence-electron chi connectivity index (χ0n) is 7.07. The number of nitrogens with one attached hydrogen (secondary N) is 2. The third kappa shape index (κ3) is 2.25. The van der Waals surface area contributed by atoms with Gasteiger partial charge in [0.2, 0.25) is 0 Å². The van der Waals surface area contributed by atoms with Gasteiger partial charge in [0.05, 0.1) is 0 Å². The van der Waals surface area contributed by atoms with Crippen molar-refractivity contribution >= 4 is 20.7 Å². The molecule has 72 valence electrons. The number of rotatable bonds is 2.